The van der Waals surface area contributed by atoms with Gasteiger partial charge in [-0.2, -0.15) is 0 Å². The zero-order valence-corrected chi connectivity index (χ0v) is 12.8. The van der Waals surface area contributed by atoms with Crippen molar-refractivity contribution >= 4 is 12.0 Å². The van der Waals surface area contributed by atoms with Crippen LogP contribution in [0.1, 0.15) is 40.0 Å². The number of rotatable bonds is 7. The molecule has 1 saturated heterocycles. The Kier molecular flexibility index (Phi) is 6.78. The number of hydrogen-bond acceptors (Lipinski definition) is 3. The van der Waals surface area contributed by atoms with E-state index in [1.165, 1.54) is 6.42 Å². The van der Waals surface area contributed by atoms with Gasteiger partial charge >= 0.3 is 12.0 Å². The Labute approximate surface area is 121 Å². The van der Waals surface area contributed by atoms with Crippen LogP contribution < -0.4 is 5.32 Å². The van der Waals surface area contributed by atoms with E-state index >= 15 is 0 Å². The average Bonchev–Trinajstić information content (AvgIpc) is 2.83. The maximum Gasteiger partial charge on any atom is 0.317 e. The minimum absolute atomic E-state index is 0.0221. The first kappa shape index (κ1) is 16.8. The minimum atomic E-state index is -0.878. The summed E-state index contributed by atoms with van der Waals surface area (Å²) in [6.45, 7) is 9.03. The van der Waals surface area contributed by atoms with Crippen LogP contribution in [0.25, 0.3) is 0 Å². The normalized spacial score (nSPS) is 20.6. The van der Waals surface area contributed by atoms with Crippen molar-refractivity contribution in [2.45, 2.75) is 52.1 Å². The monoisotopic (exact) mass is 285 g/mol. The van der Waals surface area contributed by atoms with E-state index in [0.717, 1.165) is 19.5 Å². The van der Waals surface area contributed by atoms with E-state index in [0.29, 0.717) is 19.1 Å². The number of carbonyl (C=O) groups is 2. The molecular weight excluding hydrogens is 258 g/mol. The zero-order chi connectivity index (χ0) is 15.1. The number of carbonyl (C=O) groups excluding carboxylic acids is 1. The van der Waals surface area contributed by atoms with Gasteiger partial charge < -0.3 is 15.3 Å². The van der Waals surface area contributed by atoms with Crippen LogP contribution in [0.5, 0.6) is 0 Å². The van der Waals surface area contributed by atoms with Gasteiger partial charge in [0.2, 0.25) is 0 Å². The largest absolute Gasteiger partial charge is 0.481 e. The van der Waals surface area contributed by atoms with Gasteiger partial charge in [-0.15, -0.1) is 0 Å². The number of urea groups is 1. The van der Waals surface area contributed by atoms with E-state index in [4.69, 9.17) is 5.11 Å². The van der Waals surface area contributed by atoms with Crippen molar-refractivity contribution in [3.63, 3.8) is 0 Å². The van der Waals surface area contributed by atoms with Gasteiger partial charge in [-0.1, -0.05) is 6.92 Å². The molecule has 0 spiro atoms. The lowest BCUT2D eigenvalue weighted by molar-refractivity contribution is -0.138. The van der Waals surface area contributed by atoms with Crippen LogP contribution >= 0.6 is 0 Å². The molecule has 0 aromatic heterocycles. The molecule has 2 atom stereocenters. The lowest BCUT2D eigenvalue weighted by atomic mass is 10.2. The van der Waals surface area contributed by atoms with E-state index in [-0.39, 0.29) is 18.5 Å². The van der Waals surface area contributed by atoms with Crippen molar-refractivity contribution in [2.75, 3.05) is 26.2 Å². The third-order valence-corrected chi connectivity index (χ3v) is 4.00. The Morgan fingerprint density at radius 1 is 1.45 bits per heavy atom. The van der Waals surface area contributed by atoms with Crippen LogP contribution in [0.3, 0.4) is 0 Å². The van der Waals surface area contributed by atoms with Crippen LogP contribution in [0.15, 0.2) is 0 Å². The standard InChI is InChI=1S/C14H27N3O3/c1-4-16-8-6-7-12(16)10-15-14(20)17(5-2)11(3)9-13(18)19/h11-12H,4-10H2,1-3H3,(H,15,20)(H,18,19). The van der Waals surface area contributed by atoms with E-state index in [9.17, 15) is 9.59 Å². The molecule has 0 aromatic carbocycles. The van der Waals surface area contributed by atoms with Crippen molar-refractivity contribution in [1.29, 1.82) is 0 Å². The number of carboxylic acid groups (broad SMARTS) is 1. The first-order valence-corrected chi connectivity index (χ1v) is 7.49. The fraction of sp³-hybridized carbons (Fsp3) is 0.857. The third kappa shape index (κ3) is 4.67. The molecule has 0 radical (unpaired) electrons. The molecule has 1 aliphatic heterocycles. The highest BCUT2D eigenvalue weighted by molar-refractivity contribution is 5.75. The van der Waals surface area contributed by atoms with Crippen molar-refractivity contribution in [3.8, 4) is 0 Å². The summed E-state index contributed by atoms with van der Waals surface area (Å²) in [5, 5.41) is 11.8. The average molecular weight is 285 g/mol. The number of carboxylic acids is 1. The molecule has 2 amide bonds. The summed E-state index contributed by atoms with van der Waals surface area (Å²) in [4.78, 5) is 26.8. The number of nitrogens with one attached hydrogen (secondary N) is 1. The van der Waals surface area contributed by atoms with Gasteiger partial charge in [-0.05, 0) is 39.8 Å². The molecule has 6 heteroatoms. The maximum atomic E-state index is 12.2. The first-order valence-electron chi connectivity index (χ1n) is 7.49. The zero-order valence-electron chi connectivity index (χ0n) is 12.8. The SMILES string of the molecule is CCN1CCCC1CNC(=O)N(CC)C(C)CC(=O)O. The van der Waals surface area contributed by atoms with Gasteiger partial charge in [-0.25, -0.2) is 4.79 Å². The second-order valence-electron chi connectivity index (χ2n) is 5.34. The number of amides is 2. The Balaban J connectivity index is 2.44. The van der Waals surface area contributed by atoms with Crippen LogP contribution in [0.4, 0.5) is 4.79 Å². The summed E-state index contributed by atoms with van der Waals surface area (Å²) < 4.78 is 0. The van der Waals surface area contributed by atoms with Crippen LogP contribution in [-0.4, -0.2) is 65.2 Å². The third-order valence-electron chi connectivity index (χ3n) is 4.00. The van der Waals surface area contributed by atoms with E-state index in [1.807, 2.05) is 6.92 Å². The summed E-state index contributed by atoms with van der Waals surface area (Å²) in [7, 11) is 0. The quantitative estimate of drug-likeness (QED) is 0.741. The highest BCUT2D eigenvalue weighted by Crippen LogP contribution is 2.15. The van der Waals surface area contributed by atoms with Gasteiger partial charge in [-0.3, -0.25) is 9.69 Å². The number of nitrogens with zero attached hydrogens (tertiary/aromatic N) is 2. The van der Waals surface area contributed by atoms with E-state index < -0.39 is 5.97 Å². The number of likely N-dealkylation sites (N-methyl/N-ethyl adjacent to an activating group) is 1. The van der Waals surface area contributed by atoms with Crippen molar-refractivity contribution in [2.24, 2.45) is 0 Å². The van der Waals surface area contributed by atoms with Gasteiger partial charge in [0.05, 0.1) is 6.42 Å². The van der Waals surface area contributed by atoms with Gasteiger partial charge in [0.1, 0.15) is 0 Å². The van der Waals surface area contributed by atoms with Crippen LogP contribution in [-0.2, 0) is 4.79 Å². The van der Waals surface area contributed by atoms with Crippen molar-refractivity contribution < 1.29 is 14.7 Å². The second kappa shape index (κ2) is 8.09. The molecule has 1 aliphatic rings. The number of aliphatic carboxylic acids is 1. The van der Waals surface area contributed by atoms with Crippen LogP contribution in [0.2, 0.25) is 0 Å². The lowest BCUT2D eigenvalue weighted by Crippen LogP contribution is -2.49. The molecule has 1 fully saturated rings. The minimum Gasteiger partial charge on any atom is -0.481 e. The Morgan fingerprint density at radius 3 is 2.70 bits per heavy atom. The molecule has 2 unspecified atom stereocenters. The molecule has 1 rings (SSSR count). The van der Waals surface area contributed by atoms with Gasteiger partial charge in [0.25, 0.3) is 0 Å². The van der Waals surface area contributed by atoms with Crippen molar-refractivity contribution in [1.82, 2.24) is 15.1 Å². The highest BCUT2D eigenvalue weighted by atomic mass is 16.4. The second-order valence-corrected chi connectivity index (χ2v) is 5.34. The highest BCUT2D eigenvalue weighted by Gasteiger charge is 2.25. The van der Waals surface area contributed by atoms with Gasteiger partial charge in [0, 0.05) is 25.2 Å². The molecule has 116 valence electrons. The molecule has 6 nitrogen and oxygen atoms in total. The maximum absolute atomic E-state index is 12.2. The Hall–Kier alpha value is -1.30. The topological polar surface area (TPSA) is 72.9 Å². The predicted molar refractivity (Wildman–Crippen MR) is 77.8 cm³/mol. The summed E-state index contributed by atoms with van der Waals surface area (Å²) >= 11 is 0. The number of hydrogen-bond donors (Lipinski definition) is 2. The summed E-state index contributed by atoms with van der Waals surface area (Å²) in [5.41, 5.74) is 0. The summed E-state index contributed by atoms with van der Waals surface area (Å²) in [6.07, 6.45) is 2.28. The molecule has 1 heterocycles. The van der Waals surface area contributed by atoms with Gasteiger partial charge in [0.15, 0.2) is 0 Å². The first-order chi connectivity index (χ1) is 9.49. The number of likely N-dealkylation sites (tertiary alicyclic amines) is 1. The molecular formula is C14H27N3O3. The molecule has 0 bridgehead atoms. The molecule has 0 aliphatic carbocycles. The van der Waals surface area contributed by atoms with Crippen molar-refractivity contribution in [3.05, 3.63) is 0 Å². The fourth-order valence-corrected chi connectivity index (χ4v) is 2.87. The summed E-state index contributed by atoms with van der Waals surface area (Å²) in [6, 6.07) is -0.0370. The Bertz CT molecular complexity index is 336. The molecule has 0 saturated carbocycles. The smallest absolute Gasteiger partial charge is 0.317 e. The molecule has 0 aromatic rings. The van der Waals surface area contributed by atoms with Crippen LogP contribution in [0, 0.1) is 0 Å². The van der Waals surface area contributed by atoms with E-state index in [2.05, 4.69) is 17.1 Å². The predicted octanol–water partition coefficient (Wildman–Crippen LogP) is 1.37. The molecule has 2 N–H and O–H groups in total. The van der Waals surface area contributed by atoms with E-state index in [1.54, 1.807) is 11.8 Å². The Morgan fingerprint density at radius 2 is 2.15 bits per heavy atom. The molecule has 20 heavy (non-hydrogen) atoms. The fourth-order valence-electron chi connectivity index (χ4n) is 2.87. The summed E-state index contributed by atoms with van der Waals surface area (Å²) in [5.74, 6) is -0.878. The lowest BCUT2D eigenvalue weighted by Gasteiger charge is -2.29.